The summed E-state index contributed by atoms with van der Waals surface area (Å²) in [5.41, 5.74) is 2.10. The molecule has 170 valence electrons. The smallest absolute Gasteiger partial charge is 0.253 e. The number of nitrogens with one attached hydrogen (secondary N) is 1. The molecule has 1 fully saturated rings. The van der Waals surface area contributed by atoms with Gasteiger partial charge < -0.3 is 39.8 Å². The molecule has 1 saturated heterocycles. The topological polar surface area (TPSA) is 133 Å². The molecule has 3 aromatic rings. The van der Waals surface area contributed by atoms with Crippen LogP contribution in [0, 0.1) is 0 Å². The summed E-state index contributed by atoms with van der Waals surface area (Å²) in [6.45, 7) is -0.112. The predicted molar refractivity (Wildman–Crippen MR) is 115 cm³/mol. The predicted octanol–water partition coefficient (Wildman–Crippen LogP) is 0.228. The van der Waals surface area contributed by atoms with Crippen LogP contribution in [-0.4, -0.2) is 75.3 Å². The largest absolute Gasteiger partial charge is 0.496 e. The van der Waals surface area contributed by atoms with Crippen molar-refractivity contribution in [3.05, 3.63) is 65.9 Å². The maximum absolute atomic E-state index is 13.1. The normalized spacial score (nSPS) is 25.6. The Balaban J connectivity index is 1.63. The summed E-state index contributed by atoms with van der Waals surface area (Å²) in [5.74, 6) is 0.190. The van der Waals surface area contributed by atoms with Crippen molar-refractivity contribution < 1.29 is 34.7 Å². The molecule has 4 rings (SSSR count). The number of carbonyl (C=O) groups is 1. The minimum Gasteiger partial charge on any atom is -0.496 e. The van der Waals surface area contributed by atoms with E-state index in [2.05, 4.69) is 5.32 Å². The number of hydrogen-bond donors (Lipinski definition) is 5. The number of aromatic nitrogens is 1. The van der Waals surface area contributed by atoms with Crippen LogP contribution in [0.1, 0.15) is 15.9 Å². The Labute approximate surface area is 184 Å². The first kappa shape index (κ1) is 22.3. The molecule has 1 amide bonds. The second-order valence-electron chi connectivity index (χ2n) is 7.73. The van der Waals surface area contributed by atoms with Crippen LogP contribution in [0.25, 0.3) is 10.9 Å². The molecule has 1 aliphatic rings. The highest BCUT2D eigenvalue weighted by molar-refractivity contribution is 6.07. The van der Waals surface area contributed by atoms with Crippen molar-refractivity contribution in [3.63, 3.8) is 0 Å². The Kier molecular flexibility index (Phi) is 6.45. The van der Waals surface area contributed by atoms with E-state index in [1.165, 1.54) is 0 Å². The summed E-state index contributed by atoms with van der Waals surface area (Å²) in [6.07, 6.45) is -4.00. The Hall–Kier alpha value is -2.95. The molecule has 32 heavy (non-hydrogen) atoms. The number of para-hydroxylation sites is 2. The van der Waals surface area contributed by atoms with E-state index in [9.17, 15) is 25.2 Å². The van der Waals surface area contributed by atoms with Gasteiger partial charge >= 0.3 is 0 Å². The summed E-state index contributed by atoms with van der Waals surface area (Å²) in [5, 5.41) is 43.1. The summed E-state index contributed by atoms with van der Waals surface area (Å²) < 4.78 is 12.5. The first-order valence-electron chi connectivity index (χ1n) is 10.3. The molecule has 0 bridgehead atoms. The van der Waals surface area contributed by atoms with Crippen molar-refractivity contribution >= 4 is 16.8 Å². The number of fused-ring (bicyclic) bond motifs is 1. The molecular weight excluding hydrogens is 416 g/mol. The number of ether oxygens (including phenoxy) is 2. The zero-order valence-electron chi connectivity index (χ0n) is 17.5. The highest BCUT2D eigenvalue weighted by Crippen LogP contribution is 2.26. The summed E-state index contributed by atoms with van der Waals surface area (Å²) in [4.78, 5) is 13.1. The number of rotatable bonds is 6. The standard InChI is InChI=1S/C23H26N2O7/c1-31-17-9-5-2-6-13(17)10-25-11-15(14-7-3-4-8-16(14)25)22(29)24-19-21(28)20(27)18(12-26)32-23(19)30/h2-9,11,18-21,23,26-28,30H,10,12H2,1H3,(H,24,29)/t18?,19-,20-,21?,23?/m1/s1. The maximum Gasteiger partial charge on any atom is 0.253 e. The number of nitrogens with zero attached hydrogens (tertiary/aromatic N) is 1. The Morgan fingerprint density at radius 2 is 1.81 bits per heavy atom. The number of hydrogen-bond acceptors (Lipinski definition) is 7. The van der Waals surface area contributed by atoms with Gasteiger partial charge in [-0.1, -0.05) is 36.4 Å². The fourth-order valence-corrected chi connectivity index (χ4v) is 4.06. The van der Waals surface area contributed by atoms with E-state index >= 15 is 0 Å². The van der Waals surface area contributed by atoms with Crippen LogP contribution in [0.15, 0.2) is 54.7 Å². The van der Waals surface area contributed by atoms with Crippen LogP contribution in [0.2, 0.25) is 0 Å². The SMILES string of the molecule is COc1ccccc1Cn1cc(C(=O)N[C@H]2C(O)OC(CO)[C@@H](O)C2O)c2ccccc21. The zero-order valence-corrected chi connectivity index (χ0v) is 17.5. The monoisotopic (exact) mass is 442 g/mol. The molecule has 9 nitrogen and oxygen atoms in total. The Morgan fingerprint density at radius 3 is 2.56 bits per heavy atom. The number of carbonyl (C=O) groups excluding carboxylic acids is 1. The van der Waals surface area contributed by atoms with Gasteiger partial charge in [-0.05, 0) is 12.1 Å². The molecule has 5 atom stereocenters. The van der Waals surface area contributed by atoms with E-state index in [0.29, 0.717) is 17.5 Å². The number of amides is 1. The molecule has 5 N–H and O–H groups in total. The first-order chi connectivity index (χ1) is 15.4. The lowest BCUT2D eigenvalue weighted by atomic mass is 9.96. The lowest BCUT2D eigenvalue weighted by Gasteiger charge is -2.40. The van der Waals surface area contributed by atoms with Gasteiger partial charge in [-0.25, -0.2) is 0 Å². The molecule has 2 aromatic carbocycles. The van der Waals surface area contributed by atoms with Gasteiger partial charge in [0.2, 0.25) is 0 Å². The first-order valence-corrected chi connectivity index (χ1v) is 10.3. The second kappa shape index (κ2) is 9.27. The molecule has 9 heteroatoms. The van der Waals surface area contributed by atoms with Gasteiger partial charge in [0.05, 0.1) is 25.8 Å². The molecule has 1 aliphatic heterocycles. The van der Waals surface area contributed by atoms with E-state index < -0.39 is 43.2 Å². The van der Waals surface area contributed by atoms with Gasteiger partial charge in [0.25, 0.3) is 5.91 Å². The molecule has 3 unspecified atom stereocenters. The molecule has 0 spiro atoms. The minimum atomic E-state index is -1.59. The van der Waals surface area contributed by atoms with Gasteiger partial charge in [0, 0.05) is 22.7 Å². The van der Waals surface area contributed by atoms with Crippen LogP contribution in [0.5, 0.6) is 5.75 Å². The van der Waals surface area contributed by atoms with Gasteiger partial charge in [0.1, 0.15) is 30.1 Å². The van der Waals surface area contributed by atoms with Gasteiger partial charge in [-0.3, -0.25) is 4.79 Å². The Bertz CT molecular complexity index is 1100. The summed E-state index contributed by atoms with van der Waals surface area (Å²) >= 11 is 0. The van der Waals surface area contributed by atoms with Gasteiger partial charge in [0.15, 0.2) is 6.29 Å². The third kappa shape index (κ3) is 4.08. The van der Waals surface area contributed by atoms with Crippen LogP contribution >= 0.6 is 0 Å². The lowest BCUT2D eigenvalue weighted by Crippen LogP contribution is -2.64. The van der Waals surface area contributed by atoms with Crippen molar-refractivity contribution in [2.45, 2.75) is 37.2 Å². The van der Waals surface area contributed by atoms with Crippen LogP contribution in [0.3, 0.4) is 0 Å². The number of methoxy groups -OCH3 is 1. The third-order valence-corrected chi connectivity index (χ3v) is 5.76. The quantitative estimate of drug-likeness (QED) is 0.369. The average Bonchev–Trinajstić information content (AvgIpc) is 3.18. The van der Waals surface area contributed by atoms with E-state index in [0.717, 1.165) is 16.8 Å². The number of aliphatic hydroxyl groups is 4. The Morgan fingerprint density at radius 1 is 1.09 bits per heavy atom. The summed E-state index contributed by atoms with van der Waals surface area (Å²) in [7, 11) is 1.60. The maximum atomic E-state index is 13.1. The summed E-state index contributed by atoms with van der Waals surface area (Å²) in [6, 6.07) is 13.7. The van der Waals surface area contributed by atoms with Crippen molar-refractivity contribution in [2.75, 3.05) is 13.7 Å². The van der Waals surface area contributed by atoms with E-state index in [1.807, 2.05) is 53.1 Å². The fourth-order valence-electron chi connectivity index (χ4n) is 4.06. The highest BCUT2D eigenvalue weighted by atomic mass is 16.6. The molecular formula is C23H26N2O7. The van der Waals surface area contributed by atoms with E-state index in [4.69, 9.17) is 9.47 Å². The van der Waals surface area contributed by atoms with E-state index in [1.54, 1.807) is 13.3 Å². The van der Waals surface area contributed by atoms with Crippen LogP contribution in [-0.2, 0) is 11.3 Å². The van der Waals surface area contributed by atoms with Crippen LogP contribution < -0.4 is 10.1 Å². The average molecular weight is 442 g/mol. The van der Waals surface area contributed by atoms with Gasteiger partial charge in [-0.2, -0.15) is 0 Å². The third-order valence-electron chi connectivity index (χ3n) is 5.76. The number of aliphatic hydroxyl groups excluding tert-OH is 4. The minimum absolute atomic E-state index is 0.341. The number of benzene rings is 2. The highest BCUT2D eigenvalue weighted by Gasteiger charge is 2.44. The molecule has 2 heterocycles. The molecule has 0 radical (unpaired) electrons. The molecule has 0 aliphatic carbocycles. The van der Waals surface area contributed by atoms with Crippen molar-refractivity contribution in [1.29, 1.82) is 0 Å². The zero-order chi connectivity index (χ0) is 22.8. The lowest BCUT2D eigenvalue weighted by molar-refractivity contribution is -0.252. The van der Waals surface area contributed by atoms with Crippen molar-refractivity contribution in [3.8, 4) is 5.75 Å². The second-order valence-corrected chi connectivity index (χ2v) is 7.73. The van der Waals surface area contributed by atoms with Crippen molar-refractivity contribution in [1.82, 2.24) is 9.88 Å². The van der Waals surface area contributed by atoms with E-state index in [-0.39, 0.29) is 0 Å². The van der Waals surface area contributed by atoms with Crippen LogP contribution in [0.4, 0.5) is 0 Å². The van der Waals surface area contributed by atoms with Gasteiger partial charge in [-0.15, -0.1) is 0 Å². The fraction of sp³-hybridized carbons (Fsp3) is 0.348. The molecule has 1 aromatic heterocycles. The molecule has 0 saturated carbocycles. The van der Waals surface area contributed by atoms with Crippen molar-refractivity contribution in [2.24, 2.45) is 0 Å².